The van der Waals surface area contributed by atoms with E-state index in [0.29, 0.717) is 0 Å². The summed E-state index contributed by atoms with van der Waals surface area (Å²) in [5.41, 5.74) is 2.52. The number of nitrogens with zero attached hydrogens (tertiary/aromatic N) is 2. The maximum Gasteiger partial charge on any atom is 0.108 e. The van der Waals surface area contributed by atoms with Crippen LogP contribution in [0.25, 0.3) is 0 Å². The Bertz CT molecular complexity index is 542. The van der Waals surface area contributed by atoms with Gasteiger partial charge >= 0.3 is 0 Å². The zero-order valence-electron chi connectivity index (χ0n) is 10.6. The van der Waals surface area contributed by atoms with Crippen molar-refractivity contribution in [1.82, 2.24) is 9.55 Å². The molecule has 1 aromatic heterocycles. The smallest absolute Gasteiger partial charge is 0.108 e. The summed E-state index contributed by atoms with van der Waals surface area (Å²) in [6, 6.07) is 8.50. The molecule has 1 atom stereocenters. The molecule has 0 spiro atoms. The van der Waals surface area contributed by atoms with Crippen LogP contribution in [0.3, 0.4) is 0 Å². The number of benzene rings is 1. The van der Waals surface area contributed by atoms with Crippen molar-refractivity contribution in [3.05, 3.63) is 52.0 Å². The summed E-state index contributed by atoms with van der Waals surface area (Å²) in [5, 5.41) is 0. The molecule has 2 heterocycles. The average molecular weight is 305 g/mol. The van der Waals surface area contributed by atoms with Crippen molar-refractivity contribution in [3.8, 4) is 0 Å². The quantitative estimate of drug-likeness (QED) is 0.825. The van der Waals surface area contributed by atoms with Crippen LogP contribution in [0.2, 0.25) is 0 Å². The van der Waals surface area contributed by atoms with Gasteiger partial charge < -0.3 is 4.57 Å². The summed E-state index contributed by atoms with van der Waals surface area (Å²) in [4.78, 5) is 4.75. The summed E-state index contributed by atoms with van der Waals surface area (Å²) in [6.07, 6.45) is 5.56. The molecule has 0 amide bonds. The van der Waals surface area contributed by atoms with E-state index >= 15 is 0 Å². The Labute approximate surface area is 116 Å². The summed E-state index contributed by atoms with van der Waals surface area (Å²) in [5.74, 6) is 2.05. The van der Waals surface area contributed by atoms with Gasteiger partial charge in [-0.05, 0) is 30.0 Å². The van der Waals surface area contributed by atoms with Crippen LogP contribution in [0.1, 0.15) is 30.4 Å². The van der Waals surface area contributed by atoms with E-state index in [1.54, 1.807) is 0 Å². The third-order valence-corrected chi connectivity index (χ3v) is 4.11. The van der Waals surface area contributed by atoms with E-state index in [0.717, 1.165) is 29.8 Å². The van der Waals surface area contributed by atoms with Crippen LogP contribution in [0.15, 0.2) is 34.9 Å². The van der Waals surface area contributed by atoms with Gasteiger partial charge in [0.15, 0.2) is 0 Å². The number of fused-ring (bicyclic) bond motifs is 1. The van der Waals surface area contributed by atoms with Crippen LogP contribution in [-0.4, -0.2) is 9.55 Å². The highest BCUT2D eigenvalue weighted by atomic mass is 79.9. The monoisotopic (exact) mass is 304 g/mol. The summed E-state index contributed by atoms with van der Waals surface area (Å²) >= 11 is 3.46. The molecule has 0 radical (unpaired) electrons. The second kappa shape index (κ2) is 4.88. The number of imidazole rings is 1. The molecule has 0 N–H and O–H groups in total. The fourth-order valence-corrected chi connectivity index (χ4v) is 2.83. The van der Waals surface area contributed by atoms with Gasteiger partial charge in [-0.2, -0.15) is 0 Å². The van der Waals surface area contributed by atoms with Gasteiger partial charge in [0.25, 0.3) is 0 Å². The number of rotatable bonds is 2. The van der Waals surface area contributed by atoms with Crippen molar-refractivity contribution in [2.24, 2.45) is 5.92 Å². The molecule has 3 rings (SSSR count). The van der Waals surface area contributed by atoms with Crippen molar-refractivity contribution in [3.63, 3.8) is 0 Å². The van der Waals surface area contributed by atoms with Crippen LogP contribution in [0.4, 0.5) is 0 Å². The first-order valence-corrected chi connectivity index (χ1v) is 7.29. The summed E-state index contributed by atoms with van der Waals surface area (Å²) < 4.78 is 3.46. The normalized spacial score (nSPS) is 18.7. The van der Waals surface area contributed by atoms with Gasteiger partial charge in [0.05, 0.1) is 5.69 Å². The first-order valence-electron chi connectivity index (χ1n) is 6.50. The maximum absolute atomic E-state index is 4.75. The second-order valence-electron chi connectivity index (χ2n) is 5.25. The molecular weight excluding hydrogens is 288 g/mol. The van der Waals surface area contributed by atoms with Gasteiger partial charge in [0.2, 0.25) is 0 Å². The van der Waals surface area contributed by atoms with Gasteiger partial charge in [0, 0.05) is 30.1 Å². The SMILES string of the molecule is CC1CCc2nc(Cc3ccc(Br)cc3)cn2C1. The standard InChI is InChI=1S/C15H17BrN2/c1-11-2-7-15-17-14(10-18(15)9-11)8-12-3-5-13(16)6-4-12/h3-6,10-11H,2,7-9H2,1H3. The molecule has 0 bridgehead atoms. The molecule has 1 aliphatic rings. The zero-order chi connectivity index (χ0) is 12.5. The lowest BCUT2D eigenvalue weighted by molar-refractivity contribution is 0.394. The molecule has 94 valence electrons. The predicted octanol–water partition coefficient (Wildman–Crippen LogP) is 3.82. The van der Waals surface area contributed by atoms with Crippen molar-refractivity contribution in [1.29, 1.82) is 0 Å². The number of hydrogen-bond acceptors (Lipinski definition) is 1. The van der Waals surface area contributed by atoms with Gasteiger partial charge in [0.1, 0.15) is 5.82 Å². The molecule has 0 aliphatic carbocycles. The van der Waals surface area contributed by atoms with Crippen LogP contribution in [0.5, 0.6) is 0 Å². The molecule has 2 aromatic rings. The minimum absolute atomic E-state index is 0.784. The van der Waals surface area contributed by atoms with Crippen molar-refractivity contribution in [2.45, 2.75) is 32.7 Å². The lowest BCUT2D eigenvalue weighted by Crippen LogP contribution is -2.17. The first-order chi connectivity index (χ1) is 8.70. The lowest BCUT2D eigenvalue weighted by Gasteiger charge is -2.19. The van der Waals surface area contributed by atoms with Gasteiger partial charge in [-0.15, -0.1) is 0 Å². The summed E-state index contributed by atoms with van der Waals surface area (Å²) in [6.45, 7) is 3.44. The third-order valence-electron chi connectivity index (χ3n) is 3.58. The molecule has 1 aromatic carbocycles. The van der Waals surface area contributed by atoms with E-state index in [4.69, 9.17) is 4.98 Å². The Hall–Kier alpha value is -1.09. The Kier molecular flexibility index (Phi) is 3.25. The molecule has 1 unspecified atom stereocenters. The topological polar surface area (TPSA) is 17.8 Å². The minimum atomic E-state index is 0.784. The highest BCUT2D eigenvalue weighted by molar-refractivity contribution is 9.10. The van der Waals surface area contributed by atoms with Gasteiger partial charge in [-0.25, -0.2) is 4.98 Å². The Balaban J connectivity index is 1.79. The molecule has 3 heteroatoms. The molecule has 0 fully saturated rings. The number of halogens is 1. The van der Waals surface area contributed by atoms with E-state index in [-0.39, 0.29) is 0 Å². The van der Waals surface area contributed by atoms with E-state index in [2.05, 4.69) is 57.9 Å². The van der Waals surface area contributed by atoms with Gasteiger partial charge in [-0.1, -0.05) is 35.0 Å². The lowest BCUT2D eigenvalue weighted by atomic mass is 10.0. The highest BCUT2D eigenvalue weighted by Gasteiger charge is 2.16. The fourth-order valence-electron chi connectivity index (χ4n) is 2.57. The zero-order valence-corrected chi connectivity index (χ0v) is 12.2. The van der Waals surface area contributed by atoms with E-state index < -0.39 is 0 Å². The van der Waals surface area contributed by atoms with Crippen LogP contribution in [-0.2, 0) is 19.4 Å². The fraction of sp³-hybridized carbons (Fsp3) is 0.400. The van der Waals surface area contributed by atoms with E-state index in [1.807, 2.05) is 0 Å². The van der Waals surface area contributed by atoms with Crippen molar-refractivity contribution < 1.29 is 0 Å². The highest BCUT2D eigenvalue weighted by Crippen LogP contribution is 2.21. The second-order valence-corrected chi connectivity index (χ2v) is 6.16. The molecule has 2 nitrogen and oxygen atoms in total. The Morgan fingerprint density at radius 2 is 2.11 bits per heavy atom. The maximum atomic E-state index is 4.75. The Morgan fingerprint density at radius 3 is 2.89 bits per heavy atom. The number of aryl methyl sites for hydroxylation is 1. The molecule has 0 saturated carbocycles. The van der Waals surface area contributed by atoms with E-state index in [9.17, 15) is 0 Å². The van der Waals surface area contributed by atoms with Crippen LogP contribution >= 0.6 is 15.9 Å². The first kappa shape index (κ1) is 12.0. The number of aromatic nitrogens is 2. The van der Waals surface area contributed by atoms with Crippen LogP contribution in [0, 0.1) is 5.92 Å². The van der Waals surface area contributed by atoms with Gasteiger partial charge in [-0.3, -0.25) is 0 Å². The Morgan fingerprint density at radius 1 is 1.33 bits per heavy atom. The minimum Gasteiger partial charge on any atom is -0.334 e. The average Bonchev–Trinajstić information content (AvgIpc) is 2.73. The third kappa shape index (κ3) is 2.51. The van der Waals surface area contributed by atoms with E-state index in [1.165, 1.54) is 23.5 Å². The van der Waals surface area contributed by atoms with Crippen LogP contribution < -0.4 is 0 Å². The van der Waals surface area contributed by atoms with Crippen molar-refractivity contribution in [2.75, 3.05) is 0 Å². The molecule has 18 heavy (non-hydrogen) atoms. The number of hydrogen-bond donors (Lipinski definition) is 0. The molecule has 1 aliphatic heterocycles. The summed E-state index contributed by atoms with van der Waals surface area (Å²) in [7, 11) is 0. The molecular formula is C15H17BrN2. The largest absolute Gasteiger partial charge is 0.334 e. The molecule has 0 saturated heterocycles. The predicted molar refractivity (Wildman–Crippen MR) is 76.7 cm³/mol. The van der Waals surface area contributed by atoms with Crippen molar-refractivity contribution >= 4 is 15.9 Å².